The number of hydrogen-bond donors (Lipinski definition) is 0. The molecular formula is C61H44N2S2. The van der Waals surface area contributed by atoms with Gasteiger partial charge in [0.1, 0.15) is 0 Å². The number of benzene rings is 8. The predicted octanol–water partition coefficient (Wildman–Crippen LogP) is 17.0. The Bertz CT molecular complexity index is 3380. The van der Waals surface area contributed by atoms with Crippen LogP contribution in [0.15, 0.2) is 234 Å². The zero-order chi connectivity index (χ0) is 43.1. The first-order valence-corrected chi connectivity index (χ1v) is 24.3. The highest BCUT2D eigenvalue weighted by atomic mass is 32.2. The molecule has 2 aliphatic carbocycles. The minimum atomic E-state index is -0.0595. The Labute approximate surface area is 389 Å². The van der Waals surface area contributed by atoms with Crippen LogP contribution in [-0.4, -0.2) is 9.31 Å². The van der Waals surface area contributed by atoms with E-state index in [2.05, 4.69) is 247 Å². The molecule has 0 spiro atoms. The van der Waals surface area contributed by atoms with Gasteiger partial charge >= 0.3 is 0 Å². The maximum Gasteiger partial charge on any atom is 0.0538 e. The van der Waals surface area contributed by atoms with Crippen molar-refractivity contribution in [1.82, 2.24) is 4.57 Å². The maximum atomic E-state index is 2.45. The van der Waals surface area contributed by atoms with Gasteiger partial charge in [-0.05, 0) is 124 Å². The van der Waals surface area contributed by atoms with E-state index in [0.29, 0.717) is 11.2 Å². The second kappa shape index (κ2) is 15.3. The van der Waals surface area contributed by atoms with Crippen LogP contribution in [-0.2, 0) is 0 Å². The summed E-state index contributed by atoms with van der Waals surface area (Å²) in [5, 5.41) is 1.64. The van der Waals surface area contributed by atoms with Crippen molar-refractivity contribution < 1.29 is 0 Å². The largest absolute Gasteiger partial charge is 0.311 e. The fraction of sp³-hybridized carbons (Fsp3) is 0.0820. The van der Waals surface area contributed by atoms with Gasteiger partial charge in [0.05, 0.1) is 16.0 Å². The summed E-state index contributed by atoms with van der Waals surface area (Å²) in [6.07, 6.45) is 11.8. The first-order valence-electron chi connectivity index (χ1n) is 22.6. The molecule has 310 valence electrons. The minimum Gasteiger partial charge on any atom is -0.311 e. The highest BCUT2D eigenvalue weighted by Gasteiger charge is 2.45. The van der Waals surface area contributed by atoms with Crippen LogP contribution in [0.4, 0.5) is 17.1 Å². The van der Waals surface area contributed by atoms with E-state index in [9.17, 15) is 0 Å². The maximum absolute atomic E-state index is 2.45. The van der Waals surface area contributed by atoms with Gasteiger partial charge < -0.3 is 9.47 Å². The van der Waals surface area contributed by atoms with E-state index >= 15 is 0 Å². The summed E-state index contributed by atoms with van der Waals surface area (Å²) in [5.74, 6) is 0.566. The molecule has 0 radical (unpaired) electrons. The third-order valence-electron chi connectivity index (χ3n) is 14.1. The average molecular weight is 869 g/mol. The Kier molecular flexibility index (Phi) is 9.08. The number of nitrogens with zero attached hydrogens (tertiary/aromatic N) is 2. The Balaban J connectivity index is 0.849. The van der Waals surface area contributed by atoms with Crippen LogP contribution in [0.25, 0.3) is 50.5 Å². The molecule has 9 aromatic rings. The Hall–Kier alpha value is -6.98. The Morgan fingerprint density at radius 3 is 1.95 bits per heavy atom. The van der Waals surface area contributed by atoms with Gasteiger partial charge in [-0.25, -0.2) is 0 Å². The van der Waals surface area contributed by atoms with Crippen molar-refractivity contribution in [2.24, 2.45) is 0 Å². The monoisotopic (exact) mass is 868 g/mol. The standard InChI is InChI=1S/C61H44N2S2/c1-61-53(22-13-23-54(61)51-18-9-11-25-57(51)65-61)43-30-36-47(37-31-43)62(45-32-26-41(27-33-45)40-14-4-2-5-15-40)46-34-28-42(29-35-46)48-20-12-21-49-50-38-39-56-58(60(50)64-59(48)49)52-19-8-10-24-55(52)63(56)44-16-6-3-7-17-44/h2-39,50,53,60H,1H3. The summed E-state index contributed by atoms with van der Waals surface area (Å²) in [6, 6.07) is 73.8. The first-order chi connectivity index (χ1) is 32.1. The number of allylic oxidation sites excluding steroid dienone is 4. The molecule has 2 aliphatic heterocycles. The summed E-state index contributed by atoms with van der Waals surface area (Å²) in [5.41, 5.74) is 19.1. The molecule has 4 aliphatic rings. The van der Waals surface area contributed by atoms with Crippen LogP contribution < -0.4 is 4.90 Å². The van der Waals surface area contributed by atoms with Crippen LogP contribution in [0.2, 0.25) is 0 Å². The Morgan fingerprint density at radius 1 is 0.554 bits per heavy atom. The van der Waals surface area contributed by atoms with Crippen LogP contribution in [0.3, 0.4) is 0 Å². The number of para-hydroxylation sites is 2. The van der Waals surface area contributed by atoms with Gasteiger partial charge in [-0.3, -0.25) is 0 Å². The van der Waals surface area contributed by atoms with Crippen molar-refractivity contribution in [2.45, 2.75) is 38.5 Å². The number of fused-ring (bicyclic) bond motifs is 10. The molecule has 4 atom stereocenters. The van der Waals surface area contributed by atoms with Gasteiger partial charge in [0.15, 0.2) is 0 Å². The lowest BCUT2D eigenvalue weighted by molar-refractivity contribution is 0.712. The molecule has 13 rings (SSSR count). The molecule has 1 aromatic heterocycles. The number of anilines is 3. The topological polar surface area (TPSA) is 8.17 Å². The molecule has 0 saturated heterocycles. The van der Waals surface area contributed by atoms with Crippen molar-refractivity contribution in [3.63, 3.8) is 0 Å². The smallest absolute Gasteiger partial charge is 0.0538 e. The molecule has 0 bridgehead atoms. The van der Waals surface area contributed by atoms with Crippen LogP contribution in [0.5, 0.6) is 0 Å². The highest BCUT2D eigenvalue weighted by Crippen LogP contribution is 2.62. The SMILES string of the molecule is CC12Sc3ccccc3C1=CC=CC2c1ccc(N(c2ccc(-c3ccccc3)cc2)c2ccc(-c3cccc4c3SC3c5c(n(-c6ccccc6)c6ccccc56)C=CC43)cc2)cc1. The second-order valence-electron chi connectivity index (χ2n) is 17.7. The summed E-state index contributed by atoms with van der Waals surface area (Å²) < 4.78 is 2.39. The van der Waals surface area contributed by atoms with Crippen molar-refractivity contribution >= 4 is 63.1 Å². The van der Waals surface area contributed by atoms with E-state index in [1.54, 1.807) is 0 Å². The third kappa shape index (κ3) is 6.19. The van der Waals surface area contributed by atoms with E-state index in [1.165, 1.54) is 82.2 Å². The van der Waals surface area contributed by atoms with Crippen LogP contribution in [0, 0.1) is 0 Å². The van der Waals surface area contributed by atoms with E-state index in [0.717, 1.165) is 17.1 Å². The molecule has 2 nitrogen and oxygen atoms in total. The molecule has 8 aromatic carbocycles. The van der Waals surface area contributed by atoms with Crippen LogP contribution in [0.1, 0.15) is 52.0 Å². The lowest BCUT2D eigenvalue weighted by atomic mass is 9.76. The molecule has 0 fully saturated rings. The Morgan fingerprint density at radius 2 is 1.18 bits per heavy atom. The fourth-order valence-corrected chi connectivity index (χ4v) is 14.2. The van der Waals surface area contributed by atoms with Gasteiger partial charge in [-0.2, -0.15) is 0 Å². The summed E-state index contributed by atoms with van der Waals surface area (Å²) in [7, 11) is 0. The fourth-order valence-electron chi connectivity index (χ4n) is 11.0. The summed E-state index contributed by atoms with van der Waals surface area (Å²) in [6.45, 7) is 2.42. The number of rotatable bonds is 7. The van der Waals surface area contributed by atoms with Crippen molar-refractivity contribution in [1.29, 1.82) is 0 Å². The van der Waals surface area contributed by atoms with Gasteiger partial charge in [-0.1, -0.05) is 164 Å². The number of hydrogen-bond acceptors (Lipinski definition) is 3. The predicted molar refractivity (Wildman–Crippen MR) is 276 cm³/mol. The van der Waals surface area contributed by atoms with E-state index in [-0.39, 0.29) is 10.7 Å². The van der Waals surface area contributed by atoms with E-state index in [1.807, 2.05) is 23.5 Å². The zero-order valence-corrected chi connectivity index (χ0v) is 37.5. The van der Waals surface area contributed by atoms with Crippen molar-refractivity contribution in [3.8, 4) is 27.9 Å². The van der Waals surface area contributed by atoms with E-state index < -0.39 is 0 Å². The molecule has 4 unspecified atom stereocenters. The molecule has 65 heavy (non-hydrogen) atoms. The molecule has 0 saturated carbocycles. The lowest BCUT2D eigenvalue weighted by Crippen LogP contribution is -2.28. The molecule has 3 heterocycles. The molecular weight excluding hydrogens is 825 g/mol. The van der Waals surface area contributed by atoms with E-state index in [4.69, 9.17) is 0 Å². The lowest BCUT2D eigenvalue weighted by Gasteiger charge is -2.36. The van der Waals surface area contributed by atoms with Gasteiger partial charge in [0.25, 0.3) is 0 Å². The van der Waals surface area contributed by atoms with Gasteiger partial charge in [-0.15, -0.1) is 23.5 Å². The highest BCUT2D eigenvalue weighted by molar-refractivity contribution is 8.01. The summed E-state index contributed by atoms with van der Waals surface area (Å²) in [4.78, 5) is 5.16. The van der Waals surface area contributed by atoms with Crippen LogP contribution >= 0.6 is 23.5 Å². The normalized spacial score (nSPS) is 19.8. The molecule has 0 amide bonds. The second-order valence-corrected chi connectivity index (χ2v) is 20.3. The quantitative estimate of drug-likeness (QED) is 0.158. The number of aromatic nitrogens is 1. The first kappa shape index (κ1) is 38.5. The van der Waals surface area contributed by atoms with Gasteiger partial charge in [0, 0.05) is 55.0 Å². The average Bonchev–Trinajstić information content (AvgIpc) is 4.02. The molecule has 4 heteroatoms. The van der Waals surface area contributed by atoms with Crippen molar-refractivity contribution in [2.75, 3.05) is 4.90 Å². The zero-order valence-electron chi connectivity index (χ0n) is 35.9. The molecule has 0 N–H and O–H groups in total. The van der Waals surface area contributed by atoms with Crippen molar-refractivity contribution in [3.05, 3.63) is 252 Å². The summed E-state index contributed by atoms with van der Waals surface area (Å²) >= 11 is 4.04. The third-order valence-corrected chi connectivity index (χ3v) is 17.0. The minimum absolute atomic E-state index is 0.0595. The van der Waals surface area contributed by atoms with Gasteiger partial charge in [0.2, 0.25) is 0 Å². The number of thioether (sulfide) groups is 2.